The molecule has 204 valence electrons. The van der Waals surface area contributed by atoms with Crippen molar-refractivity contribution in [3.05, 3.63) is 23.8 Å². The quantitative estimate of drug-likeness (QED) is 0.373. The summed E-state index contributed by atoms with van der Waals surface area (Å²) in [5.74, 6) is 1.02. The summed E-state index contributed by atoms with van der Waals surface area (Å²) >= 11 is 0. The molecular weight excluding hydrogens is 462 g/mol. The van der Waals surface area contributed by atoms with Gasteiger partial charge in [-0.25, -0.2) is 0 Å². The fraction of sp³-hybridized carbons (Fsp3) is 0.704. The summed E-state index contributed by atoms with van der Waals surface area (Å²) < 4.78 is 16.4. The first-order chi connectivity index (χ1) is 17.1. The van der Waals surface area contributed by atoms with Crippen molar-refractivity contribution in [1.29, 1.82) is 0 Å². The Morgan fingerprint density at radius 2 is 1.72 bits per heavy atom. The molecule has 0 spiro atoms. The number of aliphatic hydroxyl groups excluding tert-OH is 1. The molecule has 1 heterocycles. The van der Waals surface area contributed by atoms with Crippen molar-refractivity contribution < 1.29 is 28.9 Å². The number of rotatable bonds is 14. The second-order valence-corrected chi connectivity index (χ2v) is 10.2. The molecule has 2 amide bonds. The molecule has 0 aliphatic carbocycles. The molecule has 1 aliphatic heterocycles. The average molecular weight is 508 g/mol. The predicted molar refractivity (Wildman–Crippen MR) is 139 cm³/mol. The van der Waals surface area contributed by atoms with Crippen LogP contribution in [0.1, 0.15) is 44.5 Å². The van der Waals surface area contributed by atoms with E-state index in [0.717, 1.165) is 19.5 Å². The van der Waals surface area contributed by atoms with Crippen molar-refractivity contribution in [2.75, 3.05) is 60.7 Å². The number of nitrogens with one attached hydrogen (secondary N) is 1. The number of hydrogen-bond donors (Lipinski definition) is 2. The highest BCUT2D eigenvalue weighted by Crippen LogP contribution is 2.30. The van der Waals surface area contributed by atoms with Crippen LogP contribution >= 0.6 is 0 Å². The monoisotopic (exact) mass is 507 g/mol. The smallest absolute Gasteiger partial charge is 0.254 e. The third-order valence-corrected chi connectivity index (χ3v) is 6.73. The normalized spacial score (nSPS) is 18.4. The zero-order valence-corrected chi connectivity index (χ0v) is 23.0. The highest BCUT2D eigenvalue weighted by Gasteiger charge is 2.34. The van der Waals surface area contributed by atoms with Gasteiger partial charge >= 0.3 is 0 Å². The Balaban J connectivity index is 2.12. The number of benzene rings is 1. The van der Waals surface area contributed by atoms with Crippen molar-refractivity contribution >= 4 is 11.8 Å². The minimum absolute atomic E-state index is 0.00551. The van der Waals surface area contributed by atoms with E-state index in [-0.39, 0.29) is 35.6 Å². The minimum Gasteiger partial charge on any atom is -0.493 e. The van der Waals surface area contributed by atoms with E-state index in [1.165, 1.54) is 0 Å². The number of likely N-dealkylation sites (N-methyl/N-ethyl adjacent to an activating group) is 1. The molecule has 2 N–H and O–H groups in total. The Labute approximate surface area is 216 Å². The molecule has 0 bridgehead atoms. The number of aliphatic hydroxyl groups is 1. The lowest BCUT2D eigenvalue weighted by Crippen LogP contribution is -2.45. The van der Waals surface area contributed by atoms with Crippen LogP contribution in [0.25, 0.3) is 0 Å². The van der Waals surface area contributed by atoms with Gasteiger partial charge in [0, 0.05) is 65.0 Å². The van der Waals surface area contributed by atoms with E-state index in [4.69, 9.17) is 14.2 Å². The van der Waals surface area contributed by atoms with E-state index in [0.29, 0.717) is 43.4 Å². The zero-order valence-electron chi connectivity index (χ0n) is 23.0. The Morgan fingerprint density at radius 3 is 2.31 bits per heavy atom. The first-order valence-corrected chi connectivity index (χ1v) is 12.8. The van der Waals surface area contributed by atoms with E-state index in [2.05, 4.69) is 5.32 Å². The van der Waals surface area contributed by atoms with Gasteiger partial charge in [0.15, 0.2) is 11.5 Å². The number of carbonyl (C=O) groups is 2. The number of nitrogens with zero attached hydrogens (tertiary/aromatic N) is 2. The Kier molecular flexibility index (Phi) is 11.9. The molecule has 0 radical (unpaired) electrons. The Hall–Kier alpha value is -2.36. The first kappa shape index (κ1) is 29.9. The van der Waals surface area contributed by atoms with Gasteiger partial charge < -0.3 is 34.4 Å². The van der Waals surface area contributed by atoms with E-state index in [1.807, 2.05) is 32.6 Å². The van der Waals surface area contributed by atoms with Gasteiger partial charge in [-0.3, -0.25) is 9.59 Å². The summed E-state index contributed by atoms with van der Waals surface area (Å²) in [7, 11) is 4.96. The number of amides is 2. The van der Waals surface area contributed by atoms with E-state index < -0.39 is 6.10 Å². The molecule has 3 unspecified atom stereocenters. The van der Waals surface area contributed by atoms with Crippen LogP contribution in [0.15, 0.2) is 18.2 Å². The van der Waals surface area contributed by atoms with Crippen LogP contribution in [0.4, 0.5) is 0 Å². The fourth-order valence-corrected chi connectivity index (χ4v) is 4.42. The highest BCUT2D eigenvalue weighted by molar-refractivity contribution is 5.95. The Bertz CT molecular complexity index is 847. The predicted octanol–water partition coefficient (Wildman–Crippen LogP) is 2.27. The van der Waals surface area contributed by atoms with Crippen molar-refractivity contribution in [1.82, 2.24) is 15.1 Å². The van der Waals surface area contributed by atoms with Gasteiger partial charge in [-0.2, -0.15) is 0 Å². The zero-order chi connectivity index (χ0) is 26.8. The highest BCUT2D eigenvalue weighted by atomic mass is 16.5. The second kappa shape index (κ2) is 14.4. The van der Waals surface area contributed by atoms with Crippen molar-refractivity contribution in [2.45, 2.75) is 46.3 Å². The molecule has 1 aromatic carbocycles. The summed E-state index contributed by atoms with van der Waals surface area (Å²) in [5.41, 5.74) is 0.543. The molecule has 0 aromatic heterocycles. The molecule has 3 atom stereocenters. The lowest BCUT2D eigenvalue weighted by atomic mass is 9.93. The molecule has 1 fully saturated rings. The number of methoxy groups -OCH3 is 2. The molecule has 36 heavy (non-hydrogen) atoms. The van der Waals surface area contributed by atoms with Gasteiger partial charge in [0.05, 0.1) is 13.7 Å². The first-order valence-electron chi connectivity index (χ1n) is 12.8. The number of hydrogen-bond acceptors (Lipinski definition) is 7. The maximum Gasteiger partial charge on any atom is 0.254 e. The topological polar surface area (TPSA) is 101 Å². The minimum atomic E-state index is -1.00. The van der Waals surface area contributed by atoms with Crippen LogP contribution in [0.3, 0.4) is 0 Å². The SMILES string of the molecule is COCCCOc1cc(C(=O)N(CC2CNCC2CN(C)C(=O)C(O)C(C)C)C(C)C)ccc1OC. The van der Waals surface area contributed by atoms with Gasteiger partial charge in [-0.05, 0) is 49.8 Å². The fourth-order valence-electron chi connectivity index (χ4n) is 4.42. The molecule has 2 rings (SSSR count). The van der Waals surface area contributed by atoms with Gasteiger partial charge in [0.1, 0.15) is 6.10 Å². The standard InChI is InChI=1S/C27H45N3O6/c1-18(2)25(31)27(33)29(5)16-21-14-28-15-22(21)17-30(19(3)4)26(32)20-9-10-23(35-7)24(13-20)36-12-8-11-34-6/h9-10,13,18-19,21-22,25,28,31H,8,11-12,14-17H2,1-7H3. The lowest BCUT2D eigenvalue weighted by Gasteiger charge is -2.33. The molecule has 1 aromatic rings. The third kappa shape index (κ3) is 8.08. The van der Waals surface area contributed by atoms with Crippen LogP contribution in [-0.2, 0) is 9.53 Å². The summed E-state index contributed by atoms with van der Waals surface area (Å²) in [6.07, 6.45) is -0.269. The van der Waals surface area contributed by atoms with E-state index in [9.17, 15) is 14.7 Å². The van der Waals surface area contributed by atoms with Crippen LogP contribution in [0, 0.1) is 17.8 Å². The summed E-state index contributed by atoms with van der Waals surface area (Å²) in [6.45, 7) is 11.4. The van der Waals surface area contributed by atoms with Crippen LogP contribution in [0.2, 0.25) is 0 Å². The maximum absolute atomic E-state index is 13.6. The van der Waals surface area contributed by atoms with E-state index >= 15 is 0 Å². The van der Waals surface area contributed by atoms with E-state index in [1.54, 1.807) is 44.4 Å². The second-order valence-electron chi connectivity index (χ2n) is 10.2. The molecule has 0 saturated carbocycles. The van der Waals surface area contributed by atoms with Crippen molar-refractivity contribution in [2.24, 2.45) is 17.8 Å². The van der Waals surface area contributed by atoms with Crippen LogP contribution in [-0.4, -0.2) is 99.5 Å². The van der Waals surface area contributed by atoms with Crippen molar-refractivity contribution in [3.8, 4) is 11.5 Å². The van der Waals surface area contributed by atoms with Crippen molar-refractivity contribution in [3.63, 3.8) is 0 Å². The molecule has 9 heteroatoms. The number of ether oxygens (including phenoxy) is 3. The number of carbonyl (C=O) groups excluding carboxylic acids is 2. The average Bonchev–Trinajstić information content (AvgIpc) is 3.29. The van der Waals surface area contributed by atoms with Gasteiger partial charge in [0.2, 0.25) is 0 Å². The Morgan fingerprint density at radius 1 is 1.06 bits per heavy atom. The van der Waals surface area contributed by atoms with Gasteiger partial charge in [-0.15, -0.1) is 0 Å². The molecule has 9 nitrogen and oxygen atoms in total. The van der Waals surface area contributed by atoms with Gasteiger partial charge in [-0.1, -0.05) is 13.8 Å². The third-order valence-electron chi connectivity index (χ3n) is 6.73. The maximum atomic E-state index is 13.6. The summed E-state index contributed by atoms with van der Waals surface area (Å²) in [5, 5.41) is 13.6. The molecular formula is C27H45N3O6. The molecule has 1 saturated heterocycles. The summed E-state index contributed by atoms with van der Waals surface area (Å²) in [4.78, 5) is 29.7. The van der Waals surface area contributed by atoms with Gasteiger partial charge in [0.25, 0.3) is 11.8 Å². The molecule has 1 aliphatic rings. The van der Waals surface area contributed by atoms with Crippen LogP contribution in [0.5, 0.6) is 11.5 Å². The largest absolute Gasteiger partial charge is 0.493 e. The summed E-state index contributed by atoms with van der Waals surface area (Å²) in [6, 6.07) is 5.27. The lowest BCUT2D eigenvalue weighted by molar-refractivity contribution is -0.141. The van der Waals surface area contributed by atoms with Crippen LogP contribution < -0.4 is 14.8 Å².